The minimum absolute atomic E-state index is 0.0958. The van der Waals surface area contributed by atoms with Gasteiger partial charge in [0.05, 0.1) is 4.90 Å². The van der Waals surface area contributed by atoms with Gasteiger partial charge in [-0.15, -0.1) is 0 Å². The molecule has 128 valence electrons. The molecule has 0 bridgehead atoms. The Labute approximate surface area is 151 Å². The van der Waals surface area contributed by atoms with Crippen LogP contribution in [0.3, 0.4) is 0 Å². The van der Waals surface area contributed by atoms with Gasteiger partial charge >= 0.3 is 0 Å². The second-order valence-electron chi connectivity index (χ2n) is 6.08. The van der Waals surface area contributed by atoms with Crippen LogP contribution < -0.4 is 10.0 Å². The summed E-state index contributed by atoms with van der Waals surface area (Å²) >= 11 is 3.43. The summed E-state index contributed by atoms with van der Waals surface area (Å²) in [5.41, 5.74) is 1.01. The number of rotatable bonds is 5. The fourth-order valence-corrected chi connectivity index (χ4v) is 4.67. The fraction of sp³-hybridized carbons (Fsp3) is 0.333. The van der Waals surface area contributed by atoms with Gasteiger partial charge in [-0.3, -0.25) is 0 Å². The van der Waals surface area contributed by atoms with Crippen molar-refractivity contribution >= 4 is 31.6 Å². The Balaban J connectivity index is 1.74. The van der Waals surface area contributed by atoms with Gasteiger partial charge in [-0.1, -0.05) is 47.0 Å². The first-order valence-electron chi connectivity index (χ1n) is 8.14. The molecule has 0 heterocycles. The summed E-state index contributed by atoms with van der Waals surface area (Å²) in [4.78, 5) is 0.318. The molecule has 0 aromatic heterocycles. The molecule has 2 N–H and O–H groups in total. The number of hydrogen-bond acceptors (Lipinski definition) is 3. The zero-order valence-corrected chi connectivity index (χ0v) is 15.7. The second kappa shape index (κ2) is 7.68. The van der Waals surface area contributed by atoms with E-state index >= 15 is 0 Å². The van der Waals surface area contributed by atoms with E-state index in [0.717, 1.165) is 35.8 Å². The third-order valence-electron chi connectivity index (χ3n) is 4.32. The van der Waals surface area contributed by atoms with Gasteiger partial charge < -0.3 is 5.32 Å². The van der Waals surface area contributed by atoms with E-state index in [4.69, 9.17) is 0 Å². The summed E-state index contributed by atoms with van der Waals surface area (Å²) in [7, 11) is -3.49. The average molecular weight is 409 g/mol. The maximum atomic E-state index is 12.6. The van der Waals surface area contributed by atoms with Crippen LogP contribution in [0.1, 0.15) is 25.7 Å². The molecular formula is C18H21BrN2O2S. The summed E-state index contributed by atoms with van der Waals surface area (Å²) < 4.78 is 29.1. The Morgan fingerprint density at radius 3 is 2.17 bits per heavy atom. The zero-order valence-electron chi connectivity index (χ0n) is 13.3. The van der Waals surface area contributed by atoms with Crippen molar-refractivity contribution < 1.29 is 8.42 Å². The van der Waals surface area contributed by atoms with E-state index in [1.54, 1.807) is 24.3 Å². The largest absolute Gasteiger partial charge is 0.381 e. The maximum absolute atomic E-state index is 12.6. The van der Waals surface area contributed by atoms with Crippen molar-refractivity contribution in [3.05, 3.63) is 59.1 Å². The van der Waals surface area contributed by atoms with Crippen molar-refractivity contribution in [2.24, 2.45) is 0 Å². The Morgan fingerprint density at radius 2 is 1.50 bits per heavy atom. The van der Waals surface area contributed by atoms with Crippen molar-refractivity contribution in [2.75, 3.05) is 5.32 Å². The van der Waals surface area contributed by atoms with E-state index in [0.29, 0.717) is 4.90 Å². The molecule has 1 fully saturated rings. The number of sulfonamides is 1. The summed E-state index contributed by atoms with van der Waals surface area (Å²) in [6, 6.07) is 16.5. The highest BCUT2D eigenvalue weighted by molar-refractivity contribution is 9.10. The molecule has 4 nitrogen and oxygen atoms in total. The molecule has 0 radical (unpaired) electrons. The summed E-state index contributed by atoms with van der Waals surface area (Å²) in [6.45, 7) is 0. The predicted octanol–water partition coefficient (Wildman–Crippen LogP) is 4.15. The third kappa shape index (κ3) is 4.37. The van der Waals surface area contributed by atoms with Gasteiger partial charge in [0.15, 0.2) is 0 Å². The van der Waals surface area contributed by atoms with Crippen LogP contribution in [0, 0.1) is 0 Å². The number of halogens is 1. The SMILES string of the molecule is O=S(=O)(N[C@@H]1CCCC[C@@H]1Nc1ccc(Br)cc1)c1ccccc1. The third-order valence-corrected chi connectivity index (χ3v) is 6.36. The van der Waals surface area contributed by atoms with Gasteiger partial charge in [-0.05, 0) is 49.2 Å². The summed E-state index contributed by atoms with van der Waals surface area (Å²) in [5, 5.41) is 3.48. The summed E-state index contributed by atoms with van der Waals surface area (Å²) in [6.07, 6.45) is 3.95. The second-order valence-corrected chi connectivity index (χ2v) is 8.71. The Morgan fingerprint density at radius 1 is 0.875 bits per heavy atom. The fourth-order valence-electron chi connectivity index (χ4n) is 3.07. The molecule has 1 aliphatic carbocycles. The maximum Gasteiger partial charge on any atom is 0.240 e. The molecule has 2 aromatic carbocycles. The minimum Gasteiger partial charge on any atom is -0.381 e. The molecule has 0 saturated heterocycles. The van der Waals surface area contributed by atoms with Crippen molar-refractivity contribution in [1.82, 2.24) is 4.72 Å². The van der Waals surface area contributed by atoms with Gasteiger partial charge in [0.1, 0.15) is 0 Å². The van der Waals surface area contributed by atoms with Gasteiger partial charge in [0.2, 0.25) is 10.0 Å². The monoisotopic (exact) mass is 408 g/mol. The summed E-state index contributed by atoms with van der Waals surface area (Å²) in [5.74, 6) is 0. The first-order chi connectivity index (χ1) is 11.5. The Hall–Kier alpha value is -1.37. The van der Waals surface area contributed by atoms with Crippen LogP contribution in [0.15, 0.2) is 64.0 Å². The Kier molecular flexibility index (Phi) is 5.58. The first kappa shape index (κ1) is 17.5. The van der Waals surface area contributed by atoms with Gasteiger partial charge in [-0.2, -0.15) is 0 Å². The van der Waals surface area contributed by atoms with E-state index < -0.39 is 10.0 Å². The van der Waals surface area contributed by atoms with Crippen LogP contribution in [0.2, 0.25) is 0 Å². The van der Waals surface area contributed by atoms with Crippen LogP contribution in [-0.4, -0.2) is 20.5 Å². The molecular weight excluding hydrogens is 388 g/mol. The lowest BCUT2D eigenvalue weighted by Gasteiger charge is -2.33. The standard InChI is InChI=1S/C18H21BrN2O2S/c19-14-10-12-15(13-11-14)20-17-8-4-5-9-18(17)21-24(22,23)16-6-2-1-3-7-16/h1-3,6-7,10-13,17-18,20-21H,4-5,8-9H2/t17-,18+/m0/s1. The predicted molar refractivity (Wildman–Crippen MR) is 101 cm³/mol. The molecule has 1 saturated carbocycles. The first-order valence-corrected chi connectivity index (χ1v) is 10.4. The van der Waals surface area contributed by atoms with Gasteiger partial charge in [-0.25, -0.2) is 13.1 Å². The highest BCUT2D eigenvalue weighted by Gasteiger charge is 2.29. The lowest BCUT2D eigenvalue weighted by molar-refractivity contribution is 0.378. The lowest BCUT2D eigenvalue weighted by atomic mass is 9.91. The highest BCUT2D eigenvalue weighted by Crippen LogP contribution is 2.24. The topological polar surface area (TPSA) is 58.2 Å². The smallest absolute Gasteiger partial charge is 0.240 e. The van der Waals surface area contributed by atoms with Crippen LogP contribution in [-0.2, 0) is 10.0 Å². The number of anilines is 1. The van der Waals surface area contributed by atoms with E-state index in [-0.39, 0.29) is 12.1 Å². The molecule has 1 aliphatic rings. The van der Waals surface area contributed by atoms with Crippen molar-refractivity contribution in [2.45, 2.75) is 42.7 Å². The molecule has 2 atom stereocenters. The van der Waals surface area contributed by atoms with Crippen LogP contribution in [0.25, 0.3) is 0 Å². The molecule has 0 aliphatic heterocycles. The number of hydrogen-bond donors (Lipinski definition) is 2. The molecule has 0 spiro atoms. The van der Waals surface area contributed by atoms with Crippen LogP contribution in [0.4, 0.5) is 5.69 Å². The van der Waals surface area contributed by atoms with Crippen molar-refractivity contribution in [3.8, 4) is 0 Å². The van der Waals surface area contributed by atoms with Crippen molar-refractivity contribution in [1.29, 1.82) is 0 Å². The van der Waals surface area contributed by atoms with E-state index in [1.165, 1.54) is 0 Å². The normalized spacial score (nSPS) is 21.4. The number of nitrogens with one attached hydrogen (secondary N) is 2. The quantitative estimate of drug-likeness (QED) is 0.780. The van der Waals surface area contributed by atoms with Gasteiger partial charge in [0.25, 0.3) is 0 Å². The molecule has 0 amide bonds. The lowest BCUT2D eigenvalue weighted by Crippen LogP contribution is -2.48. The Bertz CT molecular complexity index is 763. The zero-order chi connectivity index (χ0) is 17.0. The van der Waals surface area contributed by atoms with E-state index in [1.807, 2.05) is 30.3 Å². The molecule has 24 heavy (non-hydrogen) atoms. The van der Waals surface area contributed by atoms with Crippen molar-refractivity contribution in [3.63, 3.8) is 0 Å². The highest BCUT2D eigenvalue weighted by atomic mass is 79.9. The number of benzene rings is 2. The molecule has 2 aromatic rings. The minimum atomic E-state index is -3.49. The molecule has 3 rings (SSSR count). The molecule has 0 unspecified atom stereocenters. The average Bonchev–Trinajstić information content (AvgIpc) is 2.59. The molecule has 6 heteroatoms. The van der Waals surface area contributed by atoms with E-state index in [2.05, 4.69) is 26.0 Å². The van der Waals surface area contributed by atoms with E-state index in [9.17, 15) is 8.42 Å². The van der Waals surface area contributed by atoms with Gasteiger partial charge in [0, 0.05) is 22.2 Å². The van der Waals surface area contributed by atoms with Crippen LogP contribution in [0.5, 0.6) is 0 Å². The van der Waals surface area contributed by atoms with Crippen LogP contribution >= 0.6 is 15.9 Å².